The second-order valence-corrected chi connectivity index (χ2v) is 6.92. The number of rotatable bonds is 6. The topological polar surface area (TPSA) is 56.7 Å². The van der Waals surface area contributed by atoms with Gasteiger partial charge in [0.1, 0.15) is 12.4 Å². The quantitative estimate of drug-likeness (QED) is 0.379. The molecule has 1 aliphatic heterocycles. The van der Waals surface area contributed by atoms with Crippen molar-refractivity contribution >= 4 is 35.8 Å². The van der Waals surface area contributed by atoms with Gasteiger partial charge < -0.3 is 15.5 Å². The van der Waals surface area contributed by atoms with E-state index in [1.807, 2.05) is 24.0 Å². The number of nitrogens with zero attached hydrogens (tertiary/aromatic N) is 2. The summed E-state index contributed by atoms with van der Waals surface area (Å²) in [7, 11) is 0. The van der Waals surface area contributed by atoms with Crippen LogP contribution in [0.3, 0.4) is 0 Å². The largest absolute Gasteiger partial charge is 0.357 e. The average Bonchev–Trinajstić information content (AvgIpc) is 3.20. The van der Waals surface area contributed by atoms with E-state index in [-0.39, 0.29) is 47.7 Å². The average molecular weight is 474 g/mol. The SMILES string of the molecule is CCNC(=NCC(=O)N1CCCC1)NCC1(c2ccc(F)cc2)CC1.I. The van der Waals surface area contributed by atoms with Gasteiger partial charge in [-0.3, -0.25) is 4.79 Å². The maximum absolute atomic E-state index is 13.1. The van der Waals surface area contributed by atoms with E-state index in [4.69, 9.17) is 0 Å². The van der Waals surface area contributed by atoms with Crippen LogP contribution < -0.4 is 10.6 Å². The van der Waals surface area contributed by atoms with Crippen molar-refractivity contribution in [1.29, 1.82) is 0 Å². The molecule has 1 saturated carbocycles. The van der Waals surface area contributed by atoms with Crippen molar-refractivity contribution in [3.63, 3.8) is 0 Å². The van der Waals surface area contributed by atoms with Gasteiger partial charge in [0.25, 0.3) is 0 Å². The van der Waals surface area contributed by atoms with E-state index in [0.29, 0.717) is 5.96 Å². The molecule has 0 unspecified atom stereocenters. The molecule has 0 aromatic heterocycles. The molecule has 0 atom stereocenters. The zero-order valence-electron chi connectivity index (χ0n) is 15.3. The molecule has 2 fully saturated rings. The number of hydrogen-bond acceptors (Lipinski definition) is 2. The molecule has 1 amide bonds. The van der Waals surface area contributed by atoms with Gasteiger partial charge in [0, 0.05) is 31.6 Å². The van der Waals surface area contributed by atoms with E-state index in [2.05, 4.69) is 15.6 Å². The minimum absolute atomic E-state index is 0. The Morgan fingerprint density at radius 1 is 1.19 bits per heavy atom. The number of guanidine groups is 1. The maximum Gasteiger partial charge on any atom is 0.244 e. The molecule has 2 N–H and O–H groups in total. The molecule has 7 heteroatoms. The molecule has 1 saturated heterocycles. The van der Waals surface area contributed by atoms with Crippen molar-refractivity contribution < 1.29 is 9.18 Å². The van der Waals surface area contributed by atoms with Gasteiger partial charge in [0.2, 0.25) is 5.91 Å². The molecular formula is C19H28FIN4O. The van der Waals surface area contributed by atoms with Gasteiger partial charge in [-0.05, 0) is 50.3 Å². The predicted octanol–water partition coefficient (Wildman–Crippen LogP) is 2.65. The standard InChI is InChI=1S/C19H27FN4O.HI/c1-2-21-18(22-13-17(25)24-11-3-4-12-24)23-14-19(9-10-19)15-5-7-16(20)8-6-15;/h5-8H,2-4,9-14H2,1H3,(H2,21,22,23);1H. The number of aliphatic imine (C=N–C) groups is 1. The third-order valence-electron chi connectivity index (χ3n) is 5.08. The zero-order valence-corrected chi connectivity index (χ0v) is 17.6. The lowest BCUT2D eigenvalue weighted by molar-refractivity contribution is -0.128. The number of nitrogens with one attached hydrogen (secondary N) is 2. The minimum Gasteiger partial charge on any atom is -0.357 e. The first-order valence-electron chi connectivity index (χ1n) is 9.19. The molecule has 1 aromatic carbocycles. The van der Waals surface area contributed by atoms with Gasteiger partial charge in [0.15, 0.2) is 5.96 Å². The highest BCUT2D eigenvalue weighted by molar-refractivity contribution is 14.0. The summed E-state index contributed by atoms with van der Waals surface area (Å²) < 4.78 is 13.1. The molecule has 2 aliphatic rings. The monoisotopic (exact) mass is 474 g/mol. The van der Waals surface area contributed by atoms with Gasteiger partial charge in [-0.1, -0.05) is 12.1 Å². The normalized spacial score (nSPS) is 18.2. The Bertz CT molecular complexity index is 625. The van der Waals surface area contributed by atoms with Crippen LogP contribution in [-0.4, -0.2) is 49.5 Å². The molecule has 0 radical (unpaired) electrons. The van der Waals surface area contributed by atoms with Gasteiger partial charge in [-0.15, -0.1) is 24.0 Å². The Kier molecular flexibility index (Phi) is 7.67. The van der Waals surface area contributed by atoms with Crippen LogP contribution in [0.1, 0.15) is 38.2 Å². The molecule has 5 nitrogen and oxygen atoms in total. The first kappa shape index (κ1) is 20.9. The van der Waals surface area contributed by atoms with Crippen LogP contribution in [-0.2, 0) is 10.2 Å². The van der Waals surface area contributed by atoms with Crippen LogP contribution in [0.4, 0.5) is 4.39 Å². The second kappa shape index (κ2) is 9.53. The van der Waals surface area contributed by atoms with Crippen LogP contribution in [0.5, 0.6) is 0 Å². The highest BCUT2D eigenvalue weighted by Crippen LogP contribution is 2.47. The van der Waals surface area contributed by atoms with Crippen molar-refractivity contribution in [3.05, 3.63) is 35.6 Å². The Morgan fingerprint density at radius 2 is 1.85 bits per heavy atom. The van der Waals surface area contributed by atoms with Crippen LogP contribution in [0, 0.1) is 5.82 Å². The molecule has 3 rings (SSSR count). The third-order valence-corrected chi connectivity index (χ3v) is 5.08. The molecule has 144 valence electrons. The first-order chi connectivity index (χ1) is 12.1. The fourth-order valence-electron chi connectivity index (χ4n) is 3.33. The van der Waals surface area contributed by atoms with Crippen molar-refractivity contribution in [1.82, 2.24) is 15.5 Å². The Morgan fingerprint density at radius 3 is 2.42 bits per heavy atom. The van der Waals surface area contributed by atoms with Crippen LogP contribution in [0.2, 0.25) is 0 Å². The molecule has 1 aliphatic carbocycles. The Balaban J connectivity index is 0.00000243. The molecule has 26 heavy (non-hydrogen) atoms. The number of carbonyl (C=O) groups excluding carboxylic acids is 1. The summed E-state index contributed by atoms with van der Waals surface area (Å²) in [4.78, 5) is 18.5. The summed E-state index contributed by atoms with van der Waals surface area (Å²) in [6.45, 7) is 5.37. The fraction of sp³-hybridized carbons (Fsp3) is 0.579. The van der Waals surface area contributed by atoms with E-state index in [9.17, 15) is 9.18 Å². The second-order valence-electron chi connectivity index (χ2n) is 6.92. The number of benzene rings is 1. The lowest BCUT2D eigenvalue weighted by atomic mass is 9.96. The number of hydrogen-bond donors (Lipinski definition) is 2. The van der Waals surface area contributed by atoms with Crippen molar-refractivity contribution in [2.75, 3.05) is 32.7 Å². The summed E-state index contributed by atoms with van der Waals surface area (Å²) in [5.41, 5.74) is 1.22. The van der Waals surface area contributed by atoms with Gasteiger partial charge in [-0.2, -0.15) is 0 Å². The Hall–Kier alpha value is -1.38. The summed E-state index contributed by atoms with van der Waals surface area (Å²) >= 11 is 0. The predicted molar refractivity (Wildman–Crippen MR) is 113 cm³/mol. The van der Waals surface area contributed by atoms with Gasteiger partial charge in [0.05, 0.1) is 0 Å². The van der Waals surface area contributed by atoms with E-state index in [1.54, 1.807) is 0 Å². The first-order valence-corrected chi connectivity index (χ1v) is 9.19. The van der Waals surface area contributed by atoms with Crippen LogP contribution in [0.25, 0.3) is 0 Å². The smallest absolute Gasteiger partial charge is 0.244 e. The lowest BCUT2D eigenvalue weighted by Crippen LogP contribution is -2.42. The number of halogens is 2. The highest BCUT2D eigenvalue weighted by atomic mass is 127. The number of amides is 1. The lowest BCUT2D eigenvalue weighted by Gasteiger charge is -2.19. The van der Waals surface area contributed by atoms with Crippen molar-refractivity contribution in [3.8, 4) is 0 Å². The molecule has 0 spiro atoms. The summed E-state index contributed by atoms with van der Waals surface area (Å²) in [5, 5.41) is 6.55. The summed E-state index contributed by atoms with van der Waals surface area (Å²) in [6, 6.07) is 6.77. The van der Waals surface area contributed by atoms with E-state index < -0.39 is 0 Å². The molecule has 1 aromatic rings. The molecule has 1 heterocycles. The fourth-order valence-corrected chi connectivity index (χ4v) is 3.33. The van der Waals surface area contributed by atoms with Gasteiger partial charge >= 0.3 is 0 Å². The highest BCUT2D eigenvalue weighted by Gasteiger charge is 2.44. The van der Waals surface area contributed by atoms with E-state index in [0.717, 1.165) is 57.4 Å². The summed E-state index contributed by atoms with van der Waals surface area (Å²) in [5.74, 6) is 0.556. The van der Waals surface area contributed by atoms with E-state index >= 15 is 0 Å². The third kappa shape index (κ3) is 5.31. The molecular weight excluding hydrogens is 446 g/mol. The minimum atomic E-state index is -0.206. The number of carbonyl (C=O) groups is 1. The van der Waals surface area contributed by atoms with Crippen molar-refractivity contribution in [2.24, 2.45) is 4.99 Å². The van der Waals surface area contributed by atoms with Crippen molar-refractivity contribution in [2.45, 2.75) is 38.0 Å². The van der Waals surface area contributed by atoms with Gasteiger partial charge in [-0.25, -0.2) is 9.38 Å². The number of likely N-dealkylation sites (tertiary alicyclic amines) is 1. The molecule has 0 bridgehead atoms. The Labute approximate surface area is 171 Å². The zero-order chi connectivity index (χ0) is 17.7. The maximum atomic E-state index is 13.1. The van der Waals surface area contributed by atoms with E-state index in [1.165, 1.54) is 12.1 Å². The van der Waals surface area contributed by atoms with Crippen LogP contribution >= 0.6 is 24.0 Å². The van der Waals surface area contributed by atoms with Crippen LogP contribution in [0.15, 0.2) is 29.3 Å². The summed E-state index contributed by atoms with van der Waals surface area (Å²) in [6.07, 6.45) is 4.34.